The zero-order valence-corrected chi connectivity index (χ0v) is 7.59. The van der Waals surface area contributed by atoms with Crippen molar-refractivity contribution < 1.29 is 14.4 Å². The fraction of sp³-hybridized carbons (Fsp3) is 0.625. The summed E-state index contributed by atoms with van der Waals surface area (Å²) in [7, 11) is 0. The molecule has 0 spiro atoms. The van der Waals surface area contributed by atoms with Gasteiger partial charge in [-0.3, -0.25) is 9.69 Å². The molecule has 1 fully saturated rings. The third-order valence-corrected chi connectivity index (χ3v) is 2.26. The van der Waals surface area contributed by atoms with Gasteiger partial charge in [-0.1, -0.05) is 5.16 Å². The number of carboxylic acids is 1. The van der Waals surface area contributed by atoms with Crippen molar-refractivity contribution in [1.29, 1.82) is 0 Å². The van der Waals surface area contributed by atoms with Gasteiger partial charge in [0.1, 0.15) is 0 Å². The summed E-state index contributed by atoms with van der Waals surface area (Å²) in [6, 6.07) is 0. The van der Waals surface area contributed by atoms with Crippen molar-refractivity contribution >= 4 is 5.97 Å². The summed E-state index contributed by atoms with van der Waals surface area (Å²) < 4.78 is 4.84. The summed E-state index contributed by atoms with van der Waals surface area (Å²) in [6.07, 6.45) is 1.62. The zero-order valence-electron chi connectivity index (χ0n) is 7.59. The lowest BCUT2D eigenvalue weighted by molar-refractivity contribution is -0.139. The SMILES string of the molecule is O=C(O)CC1CN(Cc2ncno2)C1. The highest BCUT2D eigenvalue weighted by Gasteiger charge is 2.29. The van der Waals surface area contributed by atoms with Gasteiger partial charge in [-0.2, -0.15) is 4.98 Å². The van der Waals surface area contributed by atoms with Crippen LogP contribution in [0.1, 0.15) is 12.3 Å². The van der Waals surface area contributed by atoms with Crippen LogP contribution >= 0.6 is 0 Å². The first-order valence-electron chi connectivity index (χ1n) is 4.43. The predicted octanol–water partition coefficient (Wildman–Crippen LogP) is -0.0239. The predicted molar refractivity (Wildman–Crippen MR) is 45.3 cm³/mol. The maximum atomic E-state index is 10.4. The van der Waals surface area contributed by atoms with Gasteiger partial charge >= 0.3 is 5.97 Å². The highest BCUT2D eigenvalue weighted by molar-refractivity contribution is 5.67. The Morgan fingerprint density at radius 3 is 3.07 bits per heavy atom. The van der Waals surface area contributed by atoms with E-state index in [2.05, 4.69) is 15.0 Å². The summed E-state index contributed by atoms with van der Waals surface area (Å²) in [5.74, 6) is 0.127. The minimum atomic E-state index is -0.729. The summed E-state index contributed by atoms with van der Waals surface area (Å²) >= 11 is 0. The number of hydrogen-bond donors (Lipinski definition) is 1. The van der Waals surface area contributed by atoms with E-state index in [4.69, 9.17) is 9.63 Å². The molecule has 1 aromatic rings. The third-order valence-electron chi connectivity index (χ3n) is 2.26. The number of carboxylic acid groups (broad SMARTS) is 1. The van der Waals surface area contributed by atoms with E-state index in [1.165, 1.54) is 6.33 Å². The molecule has 0 unspecified atom stereocenters. The number of nitrogens with zero attached hydrogens (tertiary/aromatic N) is 3. The number of carbonyl (C=O) groups is 1. The van der Waals surface area contributed by atoms with Gasteiger partial charge < -0.3 is 9.63 Å². The van der Waals surface area contributed by atoms with Crippen molar-refractivity contribution in [2.24, 2.45) is 5.92 Å². The zero-order chi connectivity index (χ0) is 9.97. The van der Waals surface area contributed by atoms with Crippen LogP contribution in [0.4, 0.5) is 0 Å². The Hall–Kier alpha value is -1.43. The lowest BCUT2D eigenvalue weighted by Gasteiger charge is -2.37. The smallest absolute Gasteiger partial charge is 0.303 e. The van der Waals surface area contributed by atoms with Crippen LogP contribution in [0, 0.1) is 5.92 Å². The minimum absolute atomic E-state index is 0.250. The van der Waals surface area contributed by atoms with Crippen molar-refractivity contribution in [3.63, 3.8) is 0 Å². The molecule has 1 aromatic heterocycles. The highest BCUT2D eigenvalue weighted by Crippen LogP contribution is 2.20. The second-order valence-electron chi connectivity index (χ2n) is 3.49. The van der Waals surface area contributed by atoms with E-state index < -0.39 is 5.97 Å². The Morgan fingerprint density at radius 2 is 2.50 bits per heavy atom. The van der Waals surface area contributed by atoms with Gasteiger partial charge in [0, 0.05) is 13.1 Å². The topological polar surface area (TPSA) is 79.5 Å². The molecule has 0 amide bonds. The van der Waals surface area contributed by atoms with E-state index in [-0.39, 0.29) is 12.3 Å². The molecule has 1 aliphatic heterocycles. The van der Waals surface area contributed by atoms with Crippen LogP contribution in [0.2, 0.25) is 0 Å². The van der Waals surface area contributed by atoms with Crippen molar-refractivity contribution in [3.05, 3.63) is 12.2 Å². The molecule has 1 aliphatic rings. The van der Waals surface area contributed by atoms with Crippen molar-refractivity contribution in [2.45, 2.75) is 13.0 Å². The first kappa shape index (κ1) is 9.14. The molecule has 2 heterocycles. The highest BCUT2D eigenvalue weighted by atomic mass is 16.5. The molecule has 0 saturated carbocycles. The second-order valence-corrected chi connectivity index (χ2v) is 3.49. The Kier molecular flexibility index (Phi) is 2.45. The molecule has 6 heteroatoms. The Bertz CT molecular complexity index is 306. The first-order valence-corrected chi connectivity index (χ1v) is 4.43. The van der Waals surface area contributed by atoms with Gasteiger partial charge in [-0.15, -0.1) is 0 Å². The number of rotatable bonds is 4. The number of likely N-dealkylation sites (tertiary alicyclic amines) is 1. The first-order chi connectivity index (χ1) is 6.74. The normalized spacial score (nSPS) is 18.0. The molecule has 2 rings (SSSR count). The molecular formula is C8H11N3O3. The maximum absolute atomic E-state index is 10.4. The molecule has 0 radical (unpaired) electrons. The Balaban J connectivity index is 1.71. The quantitative estimate of drug-likeness (QED) is 0.730. The van der Waals surface area contributed by atoms with Gasteiger partial charge in [0.05, 0.1) is 13.0 Å². The third kappa shape index (κ3) is 2.08. The number of hydrogen-bond acceptors (Lipinski definition) is 5. The largest absolute Gasteiger partial charge is 0.481 e. The maximum Gasteiger partial charge on any atom is 0.303 e. The van der Waals surface area contributed by atoms with Crippen molar-refractivity contribution in [1.82, 2.24) is 15.0 Å². The van der Waals surface area contributed by atoms with Gasteiger partial charge in [-0.05, 0) is 5.92 Å². The Morgan fingerprint density at radius 1 is 1.71 bits per heavy atom. The van der Waals surface area contributed by atoms with Crippen molar-refractivity contribution in [3.8, 4) is 0 Å². The average Bonchev–Trinajstić information content (AvgIpc) is 2.52. The summed E-state index contributed by atoms with van der Waals surface area (Å²) in [5.41, 5.74) is 0. The van der Waals surface area contributed by atoms with Crippen LogP contribution in [0.5, 0.6) is 0 Å². The molecule has 1 saturated heterocycles. The summed E-state index contributed by atoms with van der Waals surface area (Å²) in [5, 5.41) is 12.0. The summed E-state index contributed by atoms with van der Waals surface area (Å²) in [6.45, 7) is 2.22. The van der Waals surface area contributed by atoms with Crippen LogP contribution in [-0.2, 0) is 11.3 Å². The lowest BCUT2D eigenvalue weighted by Crippen LogP contribution is -2.46. The molecular weight excluding hydrogens is 186 g/mol. The van der Waals surface area contributed by atoms with Gasteiger partial charge in [-0.25, -0.2) is 0 Å². The van der Waals surface area contributed by atoms with Crippen LogP contribution < -0.4 is 0 Å². The lowest BCUT2D eigenvalue weighted by atomic mass is 9.97. The van der Waals surface area contributed by atoms with E-state index in [1.54, 1.807) is 0 Å². The van der Waals surface area contributed by atoms with Gasteiger partial charge in [0.2, 0.25) is 5.89 Å². The number of aliphatic carboxylic acids is 1. The average molecular weight is 197 g/mol. The van der Waals surface area contributed by atoms with E-state index in [9.17, 15) is 4.79 Å². The van der Waals surface area contributed by atoms with E-state index in [0.29, 0.717) is 12.4 Å². The minimum Gasteiger partial charge on any atom is -0.481 e. The van der Waals surface area contributed by atoms with Crippen LogP contribution in [0.3, 0.4) is 0 Å². The fourth-order valence-corrected chi connectivity index (χ4v) is 1.64. The molecule has 0 aliphatic carbocycles. The number of aromatic nitrogens is 2. The second kappa shape index (κ2) is 3.75. The van der Waals surface area contributed by atoms with Crippen LogP contribution in [0.15, 0.2) is 10.9 Å². The van der Waals surface area contributed by atoms with E-state index >= 15 is 0 Å². The molecule has 14 heavy (non-hydrogen) atoms. The van der Waals surface area contributed by atoms with Gasteiger partial charge in [0.15, 0.2) is 6.33 Å². The van der Waals surface area contributed by atoms with Gasteiger partial charge in [0.25, 0.3) is 0 Å². The van der Waals surface area contributed by atoms with E-state index in [0.717, 1.165) is 13.1 Å². The Labute approximate surface area is 80.5 Å². The van der Waals surface area contributed by atoms with E-state index in [1.807, 2.05) is 0 Å². The summed E-state index contributed by atoms with van der Waals surface area (Å²) in [4.78, 5) is 16.3. The molecule has 1 N–H and O–H groups in total. The molecule has 6 nitrogen and oxygen atoms in total. The fourth-order valence-electron chi connectivity index (χ4n) is 1.64. The molecule has 76 valence electrons. The molecule has 0 atom stereocenters. The van der Waals surface area contributed by atoms with Crippen LogP contribution in [0.25, 0.3) is 0 Å². The van der Waals surface area contributed by atoms with Crippen molar-refractivity contribution in [2.75, 3.05) is 13.1 Å². The molecule has 0 bridgehead atoms. The van der Waals surface area contributed by atoms with Crippen LogP contribution in [-0.4, -0.2) is 39.2 Å². The standard InChI is InChI=1S/C8H11N3O3/c12-8(13)1-6-2-11(3-6)4-7-9-5-10-14-7/h5-6H,1-4H2,(H,12,13). The monoisotopic (exact) mass is 197 g/mol. The molecule has 0 aromatic carbocycles.